The van der Waals surface area contributed by atoms with Crippen LogP contribution < -0.4 is 26.5 Å². The Labute approximate surface area is 542 Å². The van der Waals surface area contributed by atoms with Gasteiger partial charge < -0.3 is 55.8 Å². The number of anilines is 2. The number of nitrogens with zero attached hydrogens (tertiary/aromatic N) is 6. The summed E-state index contributed by atoms with van der Waals surface area (Å²) in [4.78, 5) is 55.0. The van der Waals surface area contributed by atoms with Crippen LogP contribution in [-0.2, 0) is 55.3 Å². The molecule has 0 radical (unpaired) electrons. The van der Waals surface area contributed by atoms with Crippen molar-refractivity contribution in [3.63, 3.8) is 0 Å². The van der Waals surface area contributed by atoms with Crippen molar-refractivity contribution in [2.45, 2.75) is 200 Å². The molecular formula is C51H95F2N10O22P7. The Morgan fingerprint density at radius 3 is 1.42 bits per heavy atom. The first kappa shape index (κ1) is 87.1. The van der Waals surface area contributed by atoms with E-state index >= 15 is 0 Å². The van der Waals surface area contributed by atoms with Gasteiger partial charge in [-0.2, -0.15) is 18.8 Å². The zero-order valence-electron chi connectivity index (χ0n) is 52.5. The van der Waals surface area contributed by atoms with Crippen LogP contribution in [0.4, 0.5) is 20.4 Å². The van der Waals surface area contributed by atoms with Crippen LogP contribution >= 0.6 is 56.0 Å². The van der Waals surface area contributed by atoms with E-state index in [1.807, 2.05) is 19.8 Å². The second kappa shape index (κ2) is 43.4. The molecule has 13 atom stereocenters. The third kappa shape index (κ3) is 25.8. The zero-order valence-corrected chi connectivity index (χ0v) is 58.1. The molecule has 2 fully saturated rings. The van der Waals surface area contributed by atoms with E-state index in [1.165, 1.54) is 105 Å². The number of aliphatic hydroxyl groups is 3. The minimum Gasteiger partial charge on any atom is -0.118 e. The predicted molar refractivity (Wildman–Crippen MR) is 347 cm³/mol. The van der Waals surface area contributed by atoms with Gasteiger partial charge in [-0.15, -0.1) is 30.6 Å². The van der Waals surface area contributed by atoms with E-state index in [2.05, 4.69) is 100 Å². The van der Waals surface area contributed by atoms with Crippen LogP contribution in [0.25, 0.3) is 11.0 Å². The largest absolute Gasteiger partial charge is 0.118 e. The Morgan fingerprint density at radius 1 is 0.728 bits per heavy atom. The fourth-order valence-corrected chi connectivity index (χ4v) is 15.2. The summed E-state index contributed by atoms with van der Waals surface area (Å²) in [5.41, 5.74) is 8.38. The number of nitrogen functional groups attached to an aromatic ring is 2. The van der Waals surface area contributed by atoms with Crippen molar-refractivity contribution in [2.24, 2.45) is 0 Å². The summed E-state index contributed by atoms with van der Waals surface area (Å²) in [5.74, 6) is 4.32. The predicted octanol–water partition coefficient (Wildman–Crippen LogP) is 9.17. The second-order valence-corrected chi connectivity index (χ2v) is 30.9. The molecule has 32 nitrogen and oxygen atoms in total. The van der Waals surface area contributed by atoms with Gasteiger partial charge >= 0.3 is 135 Å². The van der Waals surface area contributed by atoms with Gasteiger partial charge in [0.1, 0.15) is 54.7 Å². The fraction of sp³-hybridized carbons (Fsp3) is 0.686. The third-order valence-electron chi connectivity index (χ3n) is 13.4. The van der Waals surface area contributed by atoms with Crippen LogP contribution in [0.3, 0.4) is 0 Å². The SMILES string of the molecule is C.C#C[C@]1(CO)O[C@@H](c2ccc3c(N)ncnn23)[C@H](F)[C@@H]1O.C#C[C@]1(COP(=O)(O)OP(=O)(O)OP(=O)(O)O)O[C@@H](c2ccc3c(N)ncnn23)[C@H](F)[C@@H]1O.CCCCCCCC.CCCCCCCC.CCCCNP(NCCCC)(OO)(OOO)[P+](=O)[O-].[3H]PP. The number of nitrogens with one attached hydrogen (secondary N) is 2. The van der Waals surface area contributed by atoms with Gasteiger partial charge in [0.05, 0.1) is 19.3 Å². The maximum atomic E-state index is 15.0. The topological polar surface area (TPSA) is 484 Å². The van der Waals surface area contributed by atoms with Gasteiger partial charge in [0.25, 0.3) is 0 Å². The minimum atomic E-state index is -5.80. The van der Waals surface area contributed by atoms with Gasteiger partial charge in [-0.3, -0.25) is 4.52 Å². The molecule has 5 unspecified atom stereocenters. The molecule has 6 heterocycles. The zero-order chi connectivity index (χ0) is 70.0. The fourth-order valence-electron chi connectivity index (χ4n) is 8.48. The first-order valence-electron chi connectivity index (χ1n) is 29.3. The smallest absolute Gasteiger partial charge is 0.0589 e. The number of alkyl halides is 2. The molecule has 2 saturated heterocycles. The van der Waals surface area contributed by atoms with Gasteiger partial charge in [0.2, 0.25) is 0 Å². The summed E-state index contributed by atoms with van der Waals surface area (Å²) in [7, 11) is -22.9. The molecule has 0 bridgehead atoms. The number of rotatable bonds is 32. The summed E-state index contributed by atoms with van der Waals surface area (Å²) in [6.07, 6.45) is 22.2. The molecule has 0 spiro atoms. The van der Waals surface area contributed by atoms with Crippen molar-refractivity contribution in [2.75, 3.05) is 37.8 Å². The maximum Gasteiger partial charge on any atom is 0.0589 e. The monoisotopic (exact) mass is 1460 g/mol. The van der Waals surface area contributed by atoms with E-state index in [1.54, 1.807) is 12.1 Å². The summed E-state index contributed by atoms with van der Waals surface area (Å²) >= 11 is 0. The minimum absolute atomic E-state index is 0. The number of fused-ring (bicyclic) bond motifs is 2. The Bertz CT molecular complexity index is 3020. The Hall–Kier alpha value is -2.90. The normalized spacial score (nSPS) is 23.1. The van der Waals surface area contributed by atoms with Crippen LogP contribution in [0.1, 0.15) is 175 Å². The van der Waals surface area contributed by atoms with Crippen LogP contribution in [0.15, 0.2) is 36.9 Å². The number of aliphatic hydroxyl groups excluding tert-OH is 3. The Morgan fingerprint density at radius 2 is 1.11 bits per heavy atom. The standard InChI is InChI=1S/C13H16FN4O12P3.C13H13FN4O3.C8H22N2O7P2.2C8H18.CH4.H4P2/c1-2-13(5-27-32(23,24)30-33(25,26)29-31(20,21)22)11(19)9(14)10(28-13)7-3-4-8-12(15)16-6-17-18(7)8;1-2-13(5-19)11(20)9(14)10(21-13)7-3-4-8-12(15)16-6-17-18(7)8;1-3-5-7-9-19(16-12,17-15-11,18(13)14)10-8-6-4-2;2*1-3-5-7-8-6-4-2;;1-2/h1,3-4,6,9-11,19H,5H2,(H,23,24)(H,25,26)(H2,15,16,17)(H2,20,21,22);1,3-4,6,9-11,19-20H,5H2,(H2,15,16,17);9-12H,3-8H2,1-2H3;2*3-8H2,1-2H3;1H4;1-2H2/t2*9-,10-,11-,13+;;;;;/m00...../s1/i;;;;;;1T. The number of hydrogen-bond acceptors (Lipinski definition) is 26. The van der Waals surface area contributed by atoms with E-state index in [0.717, 1.165) is 19.2 Å². The van der Waals surface area contributed by atoms with Crippen LogP contribution in [0.5, 0.6) is 0 Å². The van der Waals surface area contributed by atoms with E-state index in [4.69, 9.17) is 55.4 Å². The average Bonchev–Trinajstić information content (AvgIpc) is 1.70. The second-order valence-electron chi connectivity index (χ2n) is 20.1. The van der Waals surface area contributed by atoms with Crippen molar-refractivity contribution in [3.8, 4) is 24.7 Å². The average molecular weight is 1460 g/mol. The number of aromatic nitrogens is 6. The van der Waals surface area contributed by atoms with Crippen molar-refractivity contribution in [1.29, 1.82) is 1.28 Å². The summed E-state index contributed by atoms with van der Waals surface area (Å²) in [6, 6.07) is 5.98. The molecule has 6 rings (SSSR count). The third-order valence-corrected chi connectivity index (χ3v) is 23.0. The number of unbranched alkanes of at least 4 members (excludes halogenated alkanes) is 12. The molecule has 0 aromatic carbocycles. The molecule has 0 saturated carbocycles. The molecule has 92 heavy (non-hydrogen) atoms. The van der Waals surface area contributed by atoms with Crippen molar-refractivity contribution >= 4 is 78.7 Å². The van der Waals surface area contributed by atoms with E-state index < -0.39 is 99.4 Å². The Kier molecular flexibility index (Phi) is 41.1. The van der Waals surface area contributed by atoms with Gasteiger partial charge in [0.15, 0.2) is 35.2 Å². The number of phosphoric acid groups is 3. The summed E-state index contributed by atoms with van der Waals surface area (Å²) in [6.45, 7) is 11.3. The molecule has 4 aromatic rings. The summed E-state index contributed by atoms with van der Waals surface area (Å²) < 4.78 is 115. The first-order valence-corrected chi connectivity index (χ1v) is 39.6. The van der Waals surface area contributed by atoms with Gasteiger partial charge in [-0.25, -0.2) is 41.5 Å². The van der Waals surface area contributed by atoms with E-state index in [9.17, 15) is 57.0 Å². The van der Waals surface area contributed by atoms with Gasteiger partial charge in [-0.1, -0.05) is 124 Å². The molecule has 0 amide bonds. The number of halogens is 2. The van der Waals surface area contributed by atoms with Crippen LogP contribution in [0.2, 0.25) is 0 Å². The molecule has 2 aliphatic heterocycles. The first-order chi connectivity index (χ1) is 43.4. The molecule has 0 aliphatic carbocycles. The van der Waals surface area contributed by atoms with Gasteiger partial charge in [-0.05, 0) is 24.3 Å². The Balaban J connectivity index is 0.00000123. The number of hydrogen-bond donors (Lipinski definition) is 13. The van der Waals surface area contributed by atoms with Gasteiger partial charge in [0, 0.05) is 0 Å². The number of phosphoric ester groups is 1. The van der Waals surface area contributed by atoms with Crippen molar-refractivity contribution in [1.82, 2.24) is 39.4 Å². The van der Waals surface area contributed by atoms with Crippen molar-refractivity contribution < 1.29 is 114 Å². The molecule has 41 heteroatoms. The van der Waals surface area contributed by atoms with E-state index in [-0.39, 0.29) is 52.2 Å². The van der Waals surface area contributed by atoms with E-state index in [0.29, 0.717) is 24.1 Å². The quantitative estimate of drug-likeness (QED) is 0.00712. The molecule has 15 N–H and O–H groups in total. The molecule has 530 valence electrons. The maximum absolute atomic E-state index is 15.0. The van der Waals surface area contributed by atoms with Crippen LogP contribution in [0, 0.1) is 24.7 Å². The molecule has 4 aromatic heterocycles. The summed E-state index contributed by atoms with van der Waals surface area (Å²) in [5, 5.41) is 63.5. The number of nitrogens with two attached hydrogens (primary N) is 2. The van der Waals surface area contributed by atoms with Crippen LogP contribution in [-0.4, -0.2) is 138 Å². The number of ether oxygens (including phenoxy) is 2. The number of terminal acetylenes is 2. The molecule has 2 aliphatic rings. The molecular weight excluding hydrogens is 1360 g/mol. The van der Waals surface area contributed by atoms with Crippen molar-refractivity contribution in [3.05, 3.63) is 48.3 Å².